The molecule has 0 radical (unpaired) electrons. The highest BCUT2D eigenvalue weighted by atomic mass is 32.2. The Labute approximate surface area is 363 Å². The van der Waals surface area contributed by atoms with Gasteiger partial charge in [-0.2, -0.15) is 8.61 Å². The zero-order valence-corrected chi connectivity index (χ0v) is 38.4. The van der Waals surface area contributed by atoms with E-state index in [2.05, 4.69) is 0 Å². The van der Waals surface area contributed by atoms with Gasteiger partial charge in [-0.25, -0.2) is 16.8 Å². The molecule has 2 aromatic carbocycles. The molecule has 0 amide bonds. The van der Waals surface area contributed by atoms with Gasteiger partial charge in [0.2, 0.25) is 20.0 Å². The van der Waals surface area contributed by atoms with Gasteiger partial charge in [0.25, 0.3) is 0 Å². The summed E-state index contributed by atoms with van der Waals surface area (Å²) in [6.45, 7) is 14.2. The number of carbonyl (C=O) groups is 4. The first-order chi connectivity index (χ1) is 29.0. The van der Waals surface area contributed by atoms with Crippen molar-refractivity contribution >= 4 is 43.9 Å². The van der Waals surface area contributed by atoms with Gasteiger partial charge in [-0.3, -0.25) is 19.2 Å². The number of ether oxygens (including phenoxy) is 8. The van der Waals surface area contributed by atoms with E-state index in [0.29, 0.717) is 0 Å². The molecule has 0 spiro atoms. The predicted octanol–water partition coefficient (Wildman–Crippen LogP) is 3.26. The standard InChI is InChI=1S/2C21H29NO8S/c2*1-6-28-19(23)15-11-16(20(24)27-5)22(18(15)17-12-29-21(3,4)30-17)31(25,26)14-9-7-13(2)8-10-14/h2*7-10,15-18H,6,11-12H2,1-5H3/t2*15-,16-,17-,18+/m11/s1. The van der Waals surface area contributed by atoms with Crippen LogP contribution >= 0.6 is 0 Å². The number of benzene rings is 2. The summed E-state index contributed by atoms with van der Waals surface area (Å²) in [5.41, 5.74) is 1.78. The van der Waals surface area contributed by atoms with Gasteiger partial charge in [0.1, 0.15) is 24.3 Å². The highest BCUT2D eigenvalue weighted by Crippen LogP contribution is 2.43. The number of methoxy groups -OCH3 is 2. The fourth-order valence-electron chi connectivity index (χ4n) is 8.31. The number of hydrogen-bond donors (Lipinski definition) is 0. The molecule has 0 unspecified atom stereocenters. The molecule has 4 aliphatic rings. The molecule has 20 heteroatoms. The van der Waals surface area contributed by atoms with Crippen LogP contribution < -0.4 is 0 Å². The number of carbonyl (C=O) groups excluding carboxylic acids is 4. The Bertz CT molecular complexity index is 2010. The highest BCUT2D eigenvalue weighted by molar-refractivity contribution is 7.89. The molecule has 4 heterocycles. The third-order valence-electron chi connectivity index (χ3n) is 11.1. The summed E-state index contributed by atoms with van der Waals surface area (Å²) in [6, 6.07) is 8.23. The van der Waals surface area contributed by atoms with E-state index in [0.717, 1.165) is 19.7 Å². The van der Waals surface area contributed by atoms with Crippen molar-refractivity contribution in [2.45, 2.75) is 126 Å². The molecule has 4 saturated heterocycles. The Balaban J connectivity index is 0.000000234. The van der Waals surface area contributed by atoms with E-state index in [1.165, 1.54) is 38.5 Å². The number of rotatable bonds is 12. The third kappa shape index (κ3) is 10.3. The summed E-state index contributed by atoms with van der Waals surface area (Å²) in [4.78, 5) is 50.8. The molecule has 2 aromatic rings. The molecule has 0 aliphatic carbocycles. The van der Waals surface area contributed by atoms with Crippen LogP contribution in [0.15, 0.2) is 58.3 Å². The smallest absolute Gasteiger partial charge is 0.324 e. The van der Waals surface area contributed by atoms with Crippen LogP contribution in [0.4, 0.5) is 0 Å². The molecular weight excluding hydrogens is 853 g/mol. The van der Waals surface area contributed by atoms with Gasteiger partial charge in [0.15, 0.2) is 11.6 Å². The lowest BCUT2D eigenvalue weighted by Gasteiger charge is -2.32. The normalized spacial score (nSPS) is 28.4. The molecule has 0 bridgehead atoms. The summed E-state index contributed by atoms with van der Waals surface area (Å²) in [6.07, 6.45) is -1.66. The second-order valence-electron chi connectivity index (χ2n) is 16.3. The van der Waals surface area contributed by atoms with E-state index in [-0.39, 0.29) is 49.1 Å². The number of hydrogen-bond acceptors (Lipinski definition) is 16. The lowest BCUT2D eigenvalue weighted by Crippen LogP contribution is -2.52. The summed E-state index contributed by atoms with van der Waals surface area (Å²) >= 11 is 0. The van der Waals surface area contributed by atoms with Gasteiger partial charge in [0, 0.05) is 0 Å². The van der Waals surface area contributed by atoms with Crippen LogP contribution in [0.1, 0.15) is 65.5 Å². The quantitative estimate of drug-likeness (QED) is 0.221. The minimum atomic E-state index is -4.18. The Hall–Kier alpha value is -4.02. The third-order valence-corrected chi connectivity index (χ3v) is 15.0. The Kier molecular flexibility index (Phi) is 15.3. The average molecular weight is 911 g/mol. The minimum Gasteiger partial charge on any atom is -0.468 e. The maximum atomic E-state index is 13.7. The van der Waals surface area contributed by atoms with Crippen LogP contribution in [-0.4, -0.2) is 138 Å². The van der Waals surface area contributed by atoms with Crippen molar-refractivity contribution in [1.29, 1.82) is 0 Å². The van der Waals surface area contributed by atoms with Crippen LogP contribution in [0.25, 0.3) is 0 Å². The van der Waals surface area contributed by atoms with Crippen molar-refractivity contribution in [3.05, 3.63) is 59.7 Å². The van der Waals surface area contributed by atoms with Gasteiger partial charge in [0.05, 0.1) is 74.4 Å². The maximum Gasteiger partial charge on any atom is 0.324 e. The molecule has 0 N–H and O–H groups in total. The van der Waals surface area contributed by atoms with Crippen LogP contribution in [-0.2, 0) is 77.1 Å². The van der Waals surface area contributed by atoms with Crippen molar-refractivity contribution in [2.24, 2.45) is 11.8 Å². The summed E-state index contributed by atoms with van der Waals surface area (Å²) in [7, 11) is -5.98. The fraction of sp³-hybridized carbons (Fsp3) is 0.619. The van der Waals surface area contributed by atoms with Gasteiger partial charge >= 0.3 is 23.9 Å². The molecule has 4 aliphatic heterocycles. The van der Waals surface area contributed by atoms with Gasteiger partial charge in [-0.1, -0.05) is 35.4 Å². The van der Waals surface area contributed by atoms with Gasteiger partial charge in [-0.05, 0) is 92.5 Å². The largest absolute Gasteiger partial charge is 0.468 e. The van der Waals surface area contributed by atoms with Crippen molar-refractivity contribution < 1.29 is 73.9 Å². The first kappa shape index (κ1) is 49.0. The minimum absolute atomic E-state index is 0.0136. The van der Waals surface area contributed by atoms with Crippen LogP contribution in [0.5, 0.6) is 0 Å². The van der Waals surface area contributed by atoms with Crippen molar-refractivity contribution in [3.8, 4) is 0 Å². The van der Waals surface area contributed by atoms with E-state index < -0.39 is 104 Å². The van der Waals surface area contributed by atoms with Gasteiger partial charge < -0.3 is 37.9 Å². The molecule has 0 saturated carbocycles. The zero-order chi connectivity index (χ0) is 45.9. The zero-order valence-electron chi connectivity index (χ0n) is 36.7. The number of nitrogens with zero attached hydrogens (tertiary/aromatic N) is 2. The fourth-order valence-corrected chi connectivity index (χ4v) is 12.0. The number of sulfonamides is 2. The van der Waals surface area contributed by atoms with Crippen molar-refractivity contribution in [2.75, 3.05) is 40.6 Å². The SMILES string of the molecule is CCOC(=O)[C@@H]1C[C@H](C(=O)OC)N(S(=O)(=O)c2ccc(C)cc2)[C@@H]1[C@H]1COC(C)(C)O1.CCOC(=O)[C@@H]1C[C@H](C(=O)OC)N(S(=O)(=O)c2ccc(C)cc2)[C@@H]1[C@H]1COC(C)(C)O1. The van der Waals surface area contributed by atoms with Crippen LogP contribution in [0, 0.1) is 25.7 Å². The molecule has 6 rings (SSSR count). The van der Waals surface area contributed by atoms with E-state index in [4.69, 9.17) is 37.9 Å². The number of esters is 4. The predicted molar refractivity (Wildman–Crippen MR) is 219 cm³/mol. The van der Waals surface area contributed by atoms with E-state index in [1.54, 1.807) is 65.8 Å². The Morgan fingerprint density at radius 1 is 0.597 bits per heavy atom. The second kappa shape index (κ2) is 19.4. The average Bonchev–Trinajstić information content (AvgIpc) is 4.00. The Morgan fingerprint density at radius 3 is 1.18 bits per heavy atom. The lowest BCUT2D eigenvalue weighted by atomic mass is 9.95. The van der Waals surface area contributed by atoms with E-state index >= 15 is 0 Å². The number of aryl methyl sites for hydroxylation is 2. The van der Waals surface area contributed by atoms with E-state index in [1.807, 2.05) is 13.8 Å². The summed E-state index contributed by atoms with van der Waals surface area (Å²) in [5.74, 6) is -6.39. The summed E-state index contributed by atoms with van der Waals surface area (Å²) < 4.78 is 100. The maximum absolute atomic E-state index is 13.7. The van der Waals surface area contributed by atoms with Crippen molar-refractivity contribution in [3.63, 3.8) is 0 Å². The molecular formula is C42H58N2O16S2. The van der Waals surface area contributed by atoms with Crippen molar-refractivity contribution in [1.82, 2.24) is 8.61 Å². The first-order valence-corrected chi connectivity index (χ1v) is 23.2. The lowest BCUT2D eigenvalue weighted by molar-refractivity contribution is -0.157. The molecule has 62 heavy (non-hydrogen) atoms. The molecule has 4 fully saturated rings. The highest BCUT2D eigenvalue weighted by Gasteiger charge is 2.60. The van der Waals surface area contributed by atoms with Gasteiger partial charge in [-0.15, -0.1) is 0 Å². The monoisotopic (exact) mass is 910 g/mol. The molecule has 344 valence electrons. The summed E-state index contributed by atoms with van der Waals surface area (Å²) in [5, 5.41) is 0. The first-order valence-electron chi connectivity index (χ1n) is 20.4. The van der Waals surface area contributed by atoms with Crippen LogP contribution in [0.2, 0.25) is 0 Å². The van der Waals surface area contributed by atoms with Crippen LogP contribution in [0.3, 0.4) is 0 Å². The second-order valence-corrected chi connectivity index (χ2v) is 20.0. The Morgan fingerprint density at radius 2 is 0.919 bits per heavy atom. The topological polar surface area (TPSA) is 217 Å². The molecule has 0 aromatic heterocycles. The van der Waals surface area contributed by atoms with E-state index in [9.17, 15) is 36.0 Å². The molecule has 8 atom stereocenters. The molecule has 18 nitrogen and oxygen atoms in total.